The van der Waals surface area contributed by atoms with Gasteiger partial charge in [-0.15, -0.1) is 0 Å². The van der Waals surface area contributed by atoms with Gasteiger partial charge in [-0.3, -0.25) is 0 Å². The number of H-pyrrole nitrogens is 2. The van der Waals surface area contributed by atoms with Crippen LogP contribution >= 0.6 is 24.4 Å². The van der Waals surface area contributed by atoms with Crippen molar-refractivity contribution in [3.8, 4) is 0 Å². The minimum atomic E-state index is -0.900. The predicted octanol–water partition coefficient (Wildman–Crippen LogP) is 0.610. The van der Waals surface area contributed by atoms with Gasteiger partial charge >= 0.3 is 0 Å². The van der Waals surface area contributed by atoms with Crippen molar-refractivity contribution < 1.29 is 19.7 Å². The van der Waals surface area contributed by atoms with Crippen molar-refractivity contribution in [3.63, 3.8) is 0 Å². The lowest BCUT2D eigenvalue weighted by Gasteiger charge is -2.18. The van der Waals surface area contributed by atoms with Gasteiger partial charge in [-0.25, -0.2) is 0 Å². The highest BCUT2D eigenvalue weighted by Gasteiger charge is 2.44. The Labute approximate surface area is 114 Å². The van der Waals surface area contributed by atoms with Crippen LogP contribution in [-0.4, -0.2) is 52.2 Å². The number of rotatable bonds is 3. The SMILES string of the molecule is COC1C(O)[C@@H](CO)O[C@H]1c1c[nH]c(=S)[nH]c1=S. The third-order valence-corrected chi connectivity index (χ3v) is 3.50. The second-order valence-corrected chi connectivity index (χ2v) is 4.81. The monoisotopic (exact) mass is 290 g/mol. The summed E-state index contributed by atoms with van der Waals surface area (Å²) in [6.45, 7) is -0.281. The molecular formula is C10H14N2O4S2. The lowest BCUT2D eigenvalue weighted by molar-refractivity contribution is -0.0237. The van der Waals surface area contributed by atoms with Crippen LogP contribution in [0.25, 0.3) is 0 Å². The Hall–Kier alpha value is -0.640. The fourth-order valence-electron chi connectivity index (χ4n) is 2.03. The summed E-state index contributed by atoms with van der Waals surface area (Å²) >= 11 is 10.1. The average Bonchev–Trinajstić information content (AvgIpc) is 2.65. The molecule has 0 saturated carbocycles. The van der Waals surface area contributed by atoms with Gasteiger partial charge in [0.2, 0.25) is 0 Å². The zero-order valence-electron chi connectivity index (χ0n) is 9.62. The second-order valence-electron chi connectivity index (χ2n) is 4.00. The Bertz CT molecular complexity index is 529. The smallest absolute Gasteiger partial charge is 0.175 e. The van der Waals surface area contributed by atoms with E-state index < -0.39 is 24.4 Å². The summed E-state index contributed by atoms with van der Waals surface area (Å²) in [4.78, 5) is 5.63. The van der Waals surface area contributed by atoms with Crippen LogP contribution in [-0.2, 0) is 9.47 Å². The maximum absolute atomic E-state index is 9.94. The molecule has 1 fully saturated rings. The number of hydrogen-bond donors (Lipinski definition) is 4. The summed E-state index contributed by atoms with van der Waals surface area (Å²) < 4.78 is 11.6. The maximum atomic E-state index is 9.94. The molecule has 18 heavy (non-hydrogen) atoms. The van der Waals surface area contributed by atoms with Gasteiger partial charge in [0.1, 0.15) is 29.1 Å². The highest BCUT2D eigenvalue weighted by Crippen LogP contribution is 2.35. The number of methoxy groups -OCH3 is 1. The van der Waals surface area contributed by atoms with Crippen molar-refractivity contribution >= 4 is 24.4 Å². The summed E-state index contributed by atoms with van der Waals surface area (Å²) in [6.07, 6.45) is -1.08. The van der Waals surface area contributed by atoms with Crippen LogP contribution in [0, 0.1) is 9.41 Å². The normalized spacial score (nSPS) is 31.7. The summed E-state index contributed by atoms with van der Waals surface area (Å²) in [6, 6.07) is 0. The van der Waals surface area contributed by atoms with E-state index >= 15 is 0 Å². The van der Waals surface area contributed by atoms with E-state index in [1.807, 2.05) is 0 Å². The molecule has 4 atom stereocenters. The minimum Gasteiger partial charge on any atom is -0.394 e. The molecule has 1 aromatic rings. The molecule has 2 heterocycles. The van der Waals surface area contributed by atoms with Crippen LogP contribution in [0.3, 0.4) is 0 Å². The summed E-state index contributed by atoms with van der Waals surface area (Å²) in [5, 5.41) is 19.1. The lowest BCUT2D eigenvalue weighted by Crippen LogP contribution is -2.33. The first-order valence-electron chi connectivity index (χ1n) is 5.37. The number of aromatic amines is 2. The molecule has 2 unspecified atom stereocenters. The van der Waals surface area contributed by atoms with E-state index in [1.165, 1.54) is 7.11 Å². The third kappa shape index (κ3) is 2.40. The third-order valence-electron chi connectivity index (χ3n) is 2.94. The van der Waals surface area contributed by atoms with Crippen LogP contribution in [0.15, 0.2) is 6.20 Å². The lowest BCUT2D eigenvalue weighted by atomic mass is 10.0. The first-order chi connectivity index (χ1) is 8.58. The molecule has 6 nitrogen and oxygen atoms in total. The molecule has 0 radical (unpaired) electrons. The van der Waals surface area contributed by atoms with Crippen LogP contribution < -0.4 is 0 Å². The Morgan fingerprint density at radius 3 is 2.78 bits per heavy atom. The molecule has 0 bridgehead atoms. The van der Waals surface area contributed by atoms with Crippen molar-refractivity contribution in [2.24, 2.45) is 0 Å². The van der Waals surface area contributed by atoms with Crippen molar-refractivity contribution in [2.45, 2.75) is 24.4 Å². The molecule has 0 spiro atoms. The van der Waals surface area contributed by atoms with Gasteiger partial charge in [-0.05, 0) is 12.2 Å². The summed E-state index contributed by atoms with van der Waals surface area (Å²) in [7, 11) is 1.47. The molecule has 4 N–H and O–H groups in total. The molecular weight excluding hydrogens is 276 g/mol. The fourth-order valence-corrected chi connectivity index (χ4v) is 2.54. The number of aliphatic hydroxyl groups excluding tert-OH is 2. The quantitative estimate of drug-likeness (QED) is 0.610. The average molecular weight is 290 g/mol. The van der Waals surface area contributed by atoms with Crippen LogP contribution in [0.1, 0.15) is 11.7 Å². The van der Waals surface area contributed by atoms with E-state index in [1.54, 1.807) is 6.20 Å². The van der Waals surface area contributed by atoms with Gasteiger partial charge in [0.25, 0.3) is 0 Å². The van der Waals surface area contributed by atoms with Crippen molar-refractivity contribution in [1.82, 2.24) is 9.97 Å². The van der Waals surface area contributed by atoms with Gasteiger partial charge in [0, 0.05) is 18.9 Å². The van der Waals surface area contributed by atoms with Gasteiger partial charge < -0.3 is 29.7 Å². The largest absolute Gasteiger partial charge is 0.394 e. The van der Waals surface area contributed by atoms with Gasteiger partial charge in [0.15, 0.2) is 4.77 Å². The zero-order valence-corrected chi connectivity index (χ0v) is 11.3. The van der Waals surface area contributed by atoms with Crippen molar-refractivity contribution in [3.05, 3.63) is 21.2 Å². The topological polar surface area (TPSA) is 90.5 Å². The Morgan fingerprint density at radius 2 is 2.22 bits per heavy atom. The van der Waals surface area contributed by atoms with Crippen LogP contribution in [0.5, 0.6) is 0 Å². The molecule has 1 aliphatic heterocycles. The van der Waals surface area contributed by atoms with E-state index in [9.17, 15) is 5.11 Å². The molecule has 1 saturated heterocycles. The standard InChI is InChI=1S/C10H14N2O4S2/c1-15-8-6(14)5(3-13)16-7(8)4-2-11-10(18)12-9(4)17/h2,5-8,13-14H,3H2,1H3,(H2,11,12,17,18)/t5-,6?,7+,8?/m1/s1. The highest BCUT2D eigenvalue weighted by atomic mass is 32.1. The fraction of sp³-hybridized carbons (Fsp3) is 0.600. The Kier molecular flexibility index (Phi) is 4.25. The van der Waals surface area contributed by atoms with E-state index in [0.717, 1.165) is 0 Å². The number of hydrogen-bond acceptors (Lipinski definition) is 6. The molecule has 1 aliphatic rings. The van der Waals surface area contributed by atoms with E-state index in [-0.39, 0.29) is 6.61 Å². The van der Waals surface area contributed by atoms with Gasteiger partial charge in [-0.1, -0.05) is 12.2 Å². The van der Waals surface area contributed by atoms with Gasteiger partial charge in [0.05, 0.1) is 6.61 Å². The first kappa shape index (κ1) is 13.8. The maximum Gasteiger partial charge on any atom is 0.175 e. The number of aliphatic hydroxyl groups is 2. The second kappa shape index (κ2) is 5.55. The molecule has 1 aromatic heterocycles. The molecule has 0 aliphatic carbocycles. The van der Waals surface area contributed by atoms with Crippen LogP contribution in [0.2, 0.25) is 0 Å². The molecule has 100 valence electrons. The molecule has 2 rings (SSSR count). The van der Waals surface area contributed by atoms with Crippen molar-refractivity contribution in [2.75, 3.05) is 13.7 Å². The highest BCUT2D eigenvalue weighted by molar-refractivity contribution is 7.72. The number of aromatic nitrogens is 2. The predicted molar refractivity (Wildman–Crippen MR) is 68.3 cm³/mol. The van der Waals surface area contributed by atoms with Gasteiger partial charge in [-0.2, -0.15) is 0 Å². The first-order valence-corrected chi connectivity index (χ1v) is 6.19. The zero-order chi connectivity index (χ0) is 13.3. The number of ether oxygens (including phenoxy) is 2. The van der Waals surface area contributed by atoms with E-state index in [4.69, 9.17) is 39.0 Å². The molecule has 0 amide bonds. The van der Waals surface area contributed by atoms with E-state index in [0.29, 0.717) is 15.0 Å². The van der Waals surface area contributed by atoms with Crippen molar-refractivity contribution in [1.29, 1.82) is 0 Å². The Morgan fingerprint density at radius 1 is 1.50 bits per heavy atom. The van der Waals surface area contributed by atoms with Crippen LogP contribution in [0.4, 0.5) is 0 Å². The minimum absolute atomic E-state index is 0.281. The summed E-state index contributed by atoms with van der Waals surface area (Å²) in [5.74, 6) is 0. The Balaban J connectivity index is 2.38. The molecule has 8 heteroatoms. The molecule has 0 aromatic carbocycles. The van der Waals surface area contributed by atoms with E-state index in [2.05, 4.69) is 9.97 Å². The summed E-state index contributed by atoms with van der Waals surface area (Å²) in [5.41, 5.74) is 0.639. The number of nitrogens with one attached hydrogen (secondary N) is 2.